The Hall–Kier alpha value is -0.710. The quantitative estimate of drug-likeness (QED) is 0.815. The molecule has 4 rings (SSSR count). The monoisotopic (exact) mass is 322 g/mol. The number of primary amides is 2. The molecule has 0 heterocycles. The zero-order valence-electron chi connectivity index (χ0n) is 13.2. The standard InChI is InChI=1S/C17H26N2O2S/c18-12(20)9-14-1-5-16(10-14,6-2-14)22-17-7-3-15(11-17,4-8-17)13(19)21/h1-11H2,(H2,18,20)(H2,19,21). The smallest absolute Gasteiger partial charge is 0.223 e. The van der Waals surface area contributed by atoms with Gasteiger partial charge in [-0.25, -0.2) is 0 Å². The van der Waals surface area contributed by atoms with Gasteiger partial charge in [-0.1, -0.05) is 0 Å². The summed E-state index contributed by atoms with van der Waals surface area (Å²) in [6.07, 6.45) is 11.7. The first-order valence-electron chi connectivity index (χ1n) is 8.59. The molecule has 0 aliphatic heterocycles. The van der Waals surface area contributed by atoms with Gasteiger partial charge in [0.1, 0.15) is 0 Å². The second-order valence-corrected chi connectivity index (χ2v) is 10.5. The maximum absolute atomic E-state index is 11.9. The van der Waals surface area contributed by atoms with Crippen LogP contribution >= 0.6 is 11.8 Å². The van der Waals surface area contributed by atoms with Crippen LogP contribution in [0.5, 0.6) is 0 Å². The number of hydrogen-bond donors (Lipinski definition) is 2. The first-order chi connectivity index (χ1) is 10.3. The number of thioether (sulfide) groups is 1. The molecule has 0 radical (unpaired) electrons. The van der Waals surface area contributed by atoms with Gasteiger partial charge in [-0.05, 0) is 69.6 Å². The molecule has 0 unspecified atom stereocenters. The molecule has 2 amide bonds. The molecule has 4 bridgehead atoms. The van der Waals surface area contributed by atoms with Crippen LogP contribution in [0, 0.1) is 10.8 Å². The first-order valence-corrected chi connectivity index (χ1v) is 9.41. The largest absolute Gasteiger partial charge is 0.370 e. The van der Waals surface area contributed by atoms with Gasteiger partial charge in [0, 0.05) is 15.9 Å². The molecule has 4 saturated carbocycles. The van der Waals surface area contributed by atoms with Crippen molar-refractivity contribution in [1.82, 2.24) is 0 Å². The molecule has 0 atom stereocenters. The first kappa shape index (κ1) is 14.9. The number of carbonyl (C=O) groups is 2. The van der Waals surface area contributed by atoms with Gasteiger partial charge in [-0.2, -0.15) is 0 Å². The Morgan fingerprint density at radius 2 is 1.36 bits per heavy atom. The fourth-order valence-corrected chi connectivity index (χ4v) is 8.57. The molecule has 4 fully saturated rings. The number of amides is 2. The van der Waals surface area contributed by atoms with E-state index in [0.29, 0.717) is 11.2 Å². The zero-order valence-corrected chi connectivity index (χ0v) is 14.0. The fourth-order valence-electron chi connectivity index (χ4n) is 6.11. The normalized spacial score (nSPS) is 48.9. The fraction of sp³-hybridized carbons (Fsp3) is 0.882. The van der Waals surface area contributed by atoms with Crippen molar-refractivity contribution in [2.45, 2.75) is 80.1 Å². The van der Waals surface area contributed by atoms with Crippen LogP contribution in [0.25, 0.3) is 0 Å². The lowest BCUT2D eigenvalue weighted by atomic mass is 9.81. The van der Waals surface area contributed by atoms with Gasteiger partial charge in [0.2, 0.25) is 11.8 Å². The minimum atomic E-state index is -0.203. The molecule has 4 aliphatic carbocycles. The Balaban J connectivity index is 1.50. The van der Waals surface area contributed by atoms with E-state index in [-0.39, 0.29) is 27.4 Å². The van der Waals surface area contributed by atoms with E-state index in [9.17, 15) is 9.59 Å². The van der Waals surface area contributed by atoms with E-state index in [0.717, 1.165) is 51.4 Å². The van der Waals surface area contributed by atoms with E-state index in [1.165, 1.54) is 12.8 Å². The predicted octanol–water partition coefficient (Wildman–Crippen LogP) is 2.49. The van der Waals surface area contributed by atoms with Crippen LogP contribution in [0.2, 0.25) is 0 Å². The lowest BCUT2D eigenvalue weighted by Crippen LogP contribution is -2.32. The second kappa shape index (κ2) is 4.43. The molecule has 0 aromatic carbocycles. The van der Waals surface area contributed by atoms with E-state index in [1.807, 2.05) is 0 Å². The Labute approximate surface area is 136 Å². The van der Waals surface area contributed by atoms with Crippen LogP contribution in [0.3, 0.4) is 0 Å². The summed E-state index contributed by atoms with van der Waals surface area (Å²) >= 11 is 2.17. The highest BCUT2D eigenvalue weighted by Gasteiger charge is 2.63. The van der Waals surface area contributed by atoms with Crippen molar-refractivity contribution in [3.05, 3.63) is 0 Å². The highest BCUT2D eigenvalue weighted by Crippen LogP contribution is 2.71. The van der Waals surface area contributed by atoms with Crippen LogP contribution in [0.1, 0.15) is 70.6 Å². The SMILES string of the molecule is NC(=O)CC12CCC(SC34CCC(C(N)=O)(CC3)C4)(CC1)C2. The van der Waals surface area contributed by atoms with Crippen LogP contribution < -0.4 is 11.5 Å². The Bertz CT molecular complexity index is 529. The molecular formula is C17H26N2O2S. The Kier molecular flexibility index (Phi) is 2.99. The van der Waals surface area contributed by atoms with Gasteiger partial charge < -0.3 is 11.5 Å². The summed E-state index contributed by atoms with van der Waals surface area (Å²) in [5.74, 6) is -0.221. The molecule has 0 aromatic rings. The number of hydrogen-bond acceptors (Lipinski definition) is 3. The lowest BCUT2D eigenvalue weighted by molar-refractivity contribution is -0.127. The van der Waals surface area contributed by atoms with Crippen LogP contribution in [-0.2, 0) is 9.59 Å². The predicted molar refractivity (Wildman–Crippen MR) is 87.1 cm³/mol. The highest BCUT2D eigenvalue weighted by atomic mass is 32.2. The Morgan fingerprint density at radius 1 is 0.818 bits per heavy atom. The average molecular weight is 322 g/mol. The number of nitrogens with two attached hydrogens (primary N) is 2. The molecule has 122 valence electrons. The lowest BCUT2D eigenvalue weighted by Gasteiger charge is -2.37. The van der Waals surface area contributed by atoms with Crippen molar-refractivity contribution in [3.8, 4) is 0 Å². The molecular weight excluding hydrogens is 296 g/mol. The van der Waals surface area contributed by atoms with Crippen LogP contribution in [0.15, 0.2) is 0 Å². The summed E-state index contributed by atoms with van der Waals surface area (Å²) in [6.45, 7) is 0. The van der Waals surface area contributed by atoms with E-state index >= 15 is 0 Å². The summed E-state index contributed by atoms with van der Waals surface area (Å²) in [6, 6.07) is 0. The molecule has 0 aromatic heterocycles. The van der Waals surface area contributed by atoms with Gasteiger partial charge in [0.25, 0.3) is 0 Å². The third-order valence-electron chi connectivity index (χ3n) is 7.20. The average Bonchev–Trinajstić information content (AvgIpc) is 3.15. The van der Waals surface area contributed by atoms with Crippen molar-refractivity contribution in [2.24, 2.45) is 22.3 Å². The molecule has 4 aliphatic rings. The van der Waals surface area contributed by atoms with Crippen molar-refractivity contribution < 1.29 is 9.59 Å². The van der Waals surface area contributed by atoms with Gasteiger partial charge in [0.15, 0.2) is 0 Å². The molecule has 4 nitrogen and oxygen atoms in total. The van der Waals surface area contributed by atoms with E-state index < -0.39 is 0 Å². The van der Waals surface area contributed by atoms with Gasteiger partial charge in [-0.3, -0.25) is 9.59 Å². The van der Waals surface area contributed by atoms with Crippen LogP contribution in [0.4, 0.5) is 0 Å². The summed E-state index contributed by atoms with van der Waals surface area (Å²) < 4.78 is 0.621. The van der Waals surface area contributed by atoms with E-state index in [1.54, 1.807) is 0 Å². The zero-order chi connectivity index (χ0) is 15.6. The second-order valence-electron chi connectivity index (χ2n) is 8.61. The molecule has 22 heavy (non-hydrogen) atoms. The number of fused-ring (bicyclic) bond motifs is 4. The minimum Gasteiger partial charge on any atom is -0.370 e. The van der Waals surface area contributed by atoms with Gasteiger partial charge in [0.05, 0.1) is 5.41 Å². The number of rotatable bonds is 5. The summed E-state index contributed by atoms with van der Waals surface area (Å²) in [5, 5.41) is 0. The maximum atomic E-state index is 11.9. The molecule has 0 saturated heterocycles. The summed E-state index contributed by atoms with van der Waals surface area (Å²) in [4.78, 5) is 23.2. The molecule has 5 heteroatoms. The van der Waals surface area contributed by atoms with Crippen molar-refractivity contribution >= 4 is 23.6 Å². The van der Waals surface area contributed by atoms with Gasteiger partial charge in [-0.15, -0.1) is 11.8 Å². The third kappa shape index (κ3) is 2.04. The summed E-state index contributed by atoms with van der Waals surface area (Å²) in [5.41, 5.74) is 11.1. The molecule has 4 N–H and O–H groups in total. The van der Waals surface area contributed by atoms with E-state index in [4.69, 9.17) is 11.5 Å². The Morgan fingerprint density at radius 3 is 1.86 bits per heavy atom. The third-order valence-corrected chi connectivity index (χ3v) is 9.17. The van der Waals surface area contributed by atoms with E-state index in [2.05, 4.69) is 11.8 Å². The molecule has 0 spiro atoms. The summed E-state index contributed by atoms with van der Waals surface area (Å²) in [7, 11) is 0. The van der Waals surface area contributed by atoms with Crippen molar-refractivity contribution in [1.29, 1.82) is 0 Å². The maximum Gasteiger partial charge on any atom is 0.223 e. The highest BCUT2D eigenvalue weighted by molar-refractivity contribution is 8.02. The van der Waals surface area contributed by atoms with Crippen molar-refractivity contribution in [2.75, 3.05) is 0 Å². The minimum absolute atomic E-state index is 0.0779. The van der Waals surface area contributed by atoms with Gasteiger partial charge >= 0.3 is 0 Å². The number of carbonyl (C=O) groups excluding carboxylic acids is 2. The topological polar surface area (TPSA) is 86.2 Å². The van der Waals surface area contributed by atoms with Crippen LogP contribution in [-0.4, -0.2) is 21.3 Å². The van der Waals surface area contributed by atoms with Crippen molar-refractivity contribution in [3.63, 3.8) is 0 Å².